The Morgan fingerprint density at radius 3 is 2.83 bits per heavy atom. The van der Waals surface area contributed by atoms with Crippen molar-refractivity contribution in [2.45, 2.75) is 25.4 Å². The predicted molar refractivity (Wildman–Crippen MR) is 96.8 cm³/mol. The lowest BCUT2D eigenvalue weighted by molar-refractivity contribution is 0.117. The SMILES string of the molecule is CN(CC(O)C1CC1)C(=O)Nc1ncc(Cc2ccc(Cl)cc2)s1. The van der Waals surface area contributed by atoms with Crippen LogP contribution in [0.2, 0.25) is 5.02 Å². The van der Waals surface area contributed by atoms with Gasteiger partial charge in [-0.25, -0.2) is 9.78 Å². The van der Waals surface area contributed by atoms with E-state index in [1.165, 1.54) is 16.2 Å². The topological polar surface area (TPSA) is 65.5 Å². The third-order valence-corrected chi connectivity index (χ3v) is 5.20. The van der Waals surface area contributed by atoms with Gasteiger partial charge >= 0.3 is 6.03 Å². The van der Waals surface area contributed by atoms with Crippen LogP contribution in [0, 0.1) is 5.92 Å². The fourth-order valence-electron chi connectivity index (χ4n) is 2.43. The molecule has 5 nitrogen and oxygen atoms in total. The van der Waals surface area contributed by atoms with Crippen LogP contribution < -0.4 is 5.32 Å². The fraction of sp³-hybridized carbons (Fsp3) is 0.412. The van der Waals surface area contributed by atoms with Gasteiger partial charge in [0.25, 0.3) is 0 Å². The number of amides is 2. The lowest BCUT2D eigenvalue weighted by Crippen LogP contribution is -2.37. The van der Waals surface area contributed by atoms with Crippen molar-refractivity contribution in [2.75, 3.05) is 18.9 Å². The van der Waals surface area contributed by atoms with Gasteiger partial charge in [-0.2, -0.15) is 0 Å². The van der Waals surface area contributed by atoms with Gasteiger partial charge in [-0.05, 0) is 36.5 Å². The van der Waals surface area contributed by atoms with E-state index in [0.29, 0.717) is 22.6 Å². The molecule has 0 radical (unpaired) electrons. The summed E-state index contributed by atoms with van der Waals surface area (Å²) in [4.78, 5) is 19.0. The number of carbonyl (C=O) groups is 1. The summed E-state index contributed by atoms with van der Waals surface area (Å²) in [6.45, 7) is 0.347. The van der Waals surface area contributed by atoms with Crippen molar-refractivity contribution in [3.63, 3.8) is 0 Å². The molecule has 0 bridgehead atoms. The summed E-state index contributed by atoms with van der Waals surface area (Å²) in [5.41, 5.74) is 1.14. The molecule has 2 aromatic rings. The smallest absolute Gasteiger partial charge is 0.323 e. The molecule has 0 spiro atoms. The average Bonchev–Trinajstić information content (AvgIpc) is 3.32. The number of anilines is 1. The normalized spacial score (nSPS) is 15.1. The van der Waals surface area contributed by atoms with E-state index >= 15 is 0 Å². The Labute approximate surface area is 150 Å². The third kappa shape index (κ3) is 4.69. The van der Waals surface area contributed by atoms with Crippen LogP contribution in [0.15, 0.2) is 30.5 Å². The van der Waals surface area contributed by atoms with Crippen LogP contribution in [0.4, 0.5) is 9.93 Å². The van der Waals surface area contributed by atoms with Crippen molar-refractivity contribution in [2.24, 2.45) is 5.92 Å². The maximum atomic E-state index is 12.2. The van der Waals surface area contributed by atoms with Gasteiger partial charge in [0.1, 0.15) is 0 Å². The number of carbonyl (C=O) groups excluding carboxylic acids is 1. The largest absolute Gasteiger partial charge is 0.391 e. The molecule has 1 fully saturated rings. The van der Waals surface area contributed by atoms with Gasteiger partial charge in [-0.3, -0.25) is 5.32 Å². The molecule has 1 aromatic carbocycles. The molecular formula is C17H20ClN3O2S. The molecule has 1 saturated carbocycles. The van der Waals surface area contributed by atoms with Gasteiger partial charge in [0.15, 0.2) is 5.13 Å². The van der Waals surface area contributed by atoms with Crippen LogP contribution in [-0.4, -0.2) is 40.7 Å². The number of urea groups is 1. The molecular weight excluding hydrogens is 346 g/mol. The monoisotopic (exact) mass is 365 g/mol. The summed E-state index contributed by atoms with van der Waals surface area (Å²) in [7, 11) is 1.68. The number of benzene rings is 1. The standard InChI is InChI=1S/C17H20ClN3O2S/c1-21(10-15(22)12-4-5-12)17(23)20-16-19-9-14(24-16)8-11-2-6-13(18)7-3-11/h2-3,6-7,9,12,15,22H,4-5,8,10H2,1H3,(H,19,20,23). The number of aliphatic hydroxyl groups excluding tert-OH is 1. The van der Waals surface area contributed by atoms with Crippen LogP contribution in [-0.2, 0) is 6.42 Å². The Morgan fingerprint density at radius 1 is 1.46 bits per heavy atom. The van der Waals surface area contributed by atoms with Crippen LogP contribution in [0.1, 0.15) is 23.3 Å². The van der Waals surface area contributed by atoms with Crippen molar-refractivity contribution in [3.8, 4) is 0 Å². The van der Waals surface area contributed by atoms with E-state index in [2.05, 4.69) is 10.3 Å². The zero-order chi connectivity index (χ0) is 17.1. The van der Waals surface area contributed by atoms with Crippen molar-refractivity contribution in [3.05, 3.63) is 45.9 Å². The fourth-order valence-corrected chi connectivity index (χ4v) is 3.39. The number of hydrogen-bond acceptors (Lipinski definition) is 4. The second-order valence-corrected chi connectivity index (χ2v) is 7.70. The Balaban J connectivity index is 1.53. The summed E-state index contributed by atoms with van der Waals surface area (Å²) < 4.78 is 0. The van der Waals surface area contributed by atoms with E-state index in [1.807, 2.05) is 24.3 Å². The van der Waals surface area contributed by atoms with E-state index in [0.717, 1.165) is 29.7 Å². The minimum absolute atomic E-state index is 0.248. The maximum absolute atomic E-state index is 12.2. The molecule has 3 rings (SSSR count). The highest BCUT2D eigenvalue weighted by Crippen LogP contribution is 2.32. The Bertz CT molecular complexity index is 700. The molecule has 24 heavy (non-hydrogen) atoms. The number of likely N-dealkylation sites (N-methyl/N-ethyl adjacent to an activating group) is 1. The van der Waals surface area contributed by atoms with Gasteiger partial charge in [0.2, 0.25) is 0 Å². The number of rotatable bonds is 6. The summed E-state index contributed by atoms with van der Waals surface area (Å²) in [5.74, 6) is 0.353. The highest BCUT2D eigenvalue weighted by atomic mass is 35.5. The number of nitrogens with zero attached hydrogens (tertiary/aromatic N) is 2. The minimum atomic E-state index is -0.433. The number of thiazole rings is 1. The molecule has 128 valence electrons. The molecule has 2 N–H and O–H groups in total. The number of aliphatic hydroxyl groups is 1. The summed E-state index contributed by atoms with van der Waals surface area (Å²) in [5, 5.41) is 14.0. The molecule has 2 amide bonds. The zero-order valence-corrected chi connectivity index (χ0v) is 15.0. The molecule has 1 unspecified atom stereocenters. The van der Waals surface area contributed by atoms with Crippen LogP contribution in [0.5, 0.6) is 0 Å². The maximum Gasteiger partial charge on any atom is 0.323 e. The Morgan fingerprint density at radius 2 is 2.17 bits per heavy atom. The van der Waals surface area contributed by atoms with E-state index in [9.17, 15) is 9.90 Å². The van der Waals surface area contributed by atoms with Crippen molar-refractivity contribution in [1.82, 2.24) is 9.88 Å². The van der Waals surface area contributed by atoms with E-state index in [4.69, 9.17) is 11.6 Å². The first-order chi connectivity index (χ1) is 11.5. The summed E-state index contributed by atoms with van der Waals surface area (Å²) >= 11 is 7.34. The van der Waals surface area contributed by atoms with E-state index in [1.54, 1.807) is 13.2 Å². The average molecular weight is 366 g/mol. The molecule has 1 heterocycles. The minimum Gasteiger partial charge on any atom is -0.391 e. The second-order valence-electron chi connectivity index (χ2n) is 6.15. The molecule has 0 saturated heterocycles. The molecule has 1 aliphatic rings. The van der Waals surface area contributed by atoms with Gasteiger partial charge < -0.3 is 10.0 Å². The molecule has 1 atom stereocenters. The second kappa shape index (κ2) is 7.51. The number of aromatic nitrogens is 1. The first-order valence-corrected chi connectivity index (χ1v) is 9.10. The van der Waals surface area contributed by atoms with Gasteiger partial charge in [-0.15, -0.1) is 11.3 Å². The van der Waals surface area contributed by atoms with Gasteiger partial charge in [0, 0.05) is 36.1 Å². The van der Waals surface area contributed by atoms with Gasteiger partial charge in [0.05, 0.1) is 6.10 Å². The zero-order valence-electron chi connectivity index (χ0n) is 13.4. The summed E-state index contributed by atoms with van der Waals surface area (Å²) in [6, 6.07) is 7.43. The first kappa shape index (κ1) is 17.2. The lowest BCUT2D eigenvalue weighted by atomic mass is 10.1. The van der Waals surface area contributed by atoms with Gasteiger partial charge in [-0.1, -0.05) is 23.7 Å². The molecule has 7 heteroatoms. The number of hydrogen-bond donors (Lipinski definition) is 2. The van der Waals surface area contributed by atoms with Crippen molar-refractivity contribution in [1.29, 1.82) is 0 Å². The van der Waals surface area contributed by atoms with Crippen molar-refractivity contribution >= 4 is 34.1 Å². The van der Waals surface area contributed by atoms with E-state index in [-0.39, 0.29) is 6.03 Å². The first-order valence-electron chi connectivity index (χ1n) is 7.90. The molecule has 0 aliphatic heterocycles. The van der Waals surface area contributed by atoms with Crippen molar-refractivity contribution < 1.29 is 9.90 Å². The number of halogens is 1. The third-order valence-electron chi connectivity index (χ3n) is 4.03. The predicted octanol–water partition coefficient (Wildman–Crippen LogP) is 3.62. The van der Waals surface area contributed by atoms with Crippen LogP contribution in [0.25, 0.3) is 0 Å². The van der Waals surface area contributed by atoms with E-state index < -0.39 is 6.10 Å². The highest BCUT2D eigenvalue weighted by Gasteiger charge is 2.31. The lowest BCUT2D eigenvalue weighted by Gasteiger charge is -2.20. The molecule has 1 aromatic heterocycles. The highest BCUT2D eigenvalue weighted by molar-refractivity contribution is 7.15. The Hall–Kier alpha value is -1.63. The Kier molecular flexibility index (Phi) is 5.38. The summed E-state index contributed by atoms with van der Waals surface area (Å²) in [6.07, 6.45) is 4.20. The number of nitrogens with one attached hydrogen (secondary N) is 1. The van der Waals surface area contributed by atoms with Crippen LogP contribution >= 0.6 is 22.9 Å². The van der Waals surface area contributed by atoms with Crippen LogP contribution in [0.3, 0.4) is 0 Å². The molecule has 1 aliphatic carbocycles. The quantitative estimate of drug-likeness (QED) is 0.821.